The number of carbonyl (C=O) groups excluding carboxylic acids is 1. The van der Waals surface area contributed by atoms with Gasteiger partial charge in [0.05, 0.1) is 12.2 Å². The third-order valence-electron chi connectivity index (χ3n) is 2.34. The van der Waals surface area contributed by atoms with E-state index in [0.29, 0.717) is 11.3 Å². The first-order chi connectivity index (χ1) is 8.58. The van der Waals surface area contributed by atoms with E-state index in [4.69, 9.17) is 15.1 Å². The van der Waals surface area contributed by atoms with Gasteiger partial charge in [-0.25, -0.2) is 0 Å². The van der Waals surface area contributed by atoms with Crippen molar-refractivity contribution in [3.05, 3.63) is 29.8 Å². The predicted octanol–water partition coefficient (Wildman–Crippen LogP) is 0.823. The lowest BCUT2D eigenvalue weighted by Gasteiger charge is -2.17. The van der Waals surface area contributed by atoms with E-state index in [9.17, 15) is 4.79 Å². The first kappa shape index (κ1) is 14.0. The van der Waals surface area contributed by atoms with E-state index in [1.807, 2.05) is 6.07 Å². The molecule has 0 fully saturated rings. The van der Waals surface area contributed by atoms with Gasteiger partial charge in [0.15, 0.2) is 6.10 Å². The number of hydrogen-bond acceptors (Lipinski definition) is 4. The molecule has 1 aromatic carbocycles. The number of hydrogen-bond donors (Lipinski definition) is 2. The van der Waals surface area contributed by atoms with Gasteiger partial charge in [-0.1, -0.05) is 12.1 Å². The molecule has 0 bridgehead atoms. The van der Waals surface area contributed by atoms with E-state index in [-0.39, 0.29) is 18.6 Å². The van der Waals surface area contributed by atoms with Crippen molar-refractivity contribution in [2.45, 2.75) is 26.0 Å². The molecule has 0 aliphatic rings. The van der Waals surface area contributed by atoms with Gasteiger partial charge in [-0.15, -0.1) is 0 Å². The first-order valence-electron chi connectivity index (χ1n) is 5.65. The van der Waals surface area contributed by atoms with E-state index in [1.165, 1.54) is 0 Å². The maximum absolute atomic E-state index is 11.7. The van der Waals surface area contributed by atoms with E-state index < -0.39 is 6.10 Å². The van der Waals surface area contributed by atoms with Crippen LogP contribution in [0, 0.1) is 11.3 Å². The zero-order valence-corrected chi connectivity index (χ0v) is 10.4. The molecule has 5 nitrogen and oxygen atoms in total. The van der Waals surface area contributed by atoms with Crippen LogP contribution in [0.3, 0.4) is 0 Å². The summed E-state index contributed by atoms with van der Waals surface area (Å²) in [5.41, 5.74) is 0.382. The monoisotopic (exact) mass is 248 g/mol. The Hall–Kier alpha value is -2.06. The topological polar surface area (TPSA) is 82.3 Å². The van der Waals surface area contributed by atoms with Crippen LogP contribution in [0.1, 0.15) is 19.4 Å². The molecule has 2 N–H and O–H groups in total. The van der Waals surface area contributed by atoms with Crippen molar-refractivity contribution >= 4 is 5.91 Å². The fourth-order valence-corrected chi connectivity index (χ4v) is 1.31. The van der Waals surface area contributed by atoms with Gasteiger partial charge in [-0.3, -0.25) is 4.79 Å². The third kappa shape index (κ3) is 3.75. The van der Waals surface area contributed by atoms with E-state index in [2.05, 4.69) is 5.32 Å². The lowest BCUT2D eigenvalue weighted by atomic mass is 10.2. The first-order valence-corrected chi connectivity index (χ1v) is 5.65. The second-order valence-corrected chi connectivity index (χ2v) is 3.96. The number of para-hydroxylation sites is 1. The molecule has 18 heavy (non-hydrogen) atoms. The zero-order valence-electron chi connectivity index (χ0n) is 10.4. The molecule has 0 radical (unpaired) electrons. The molecule has 0 aliphatic carbocycles. The summed E-state index contributed by atoms with van der Waals surface area (Å²) < 4.78 is 5.43. The van der Waals surface area contributed by atoms with Gasteiger partial charge in [0, 0.05) is 6.04 Å². The van der Waals surface area contributed by atoms with Crippen molar-refractivity contribution in [3.63, 3.8) is 0 Å². The van der Waals surface area contributed by atoms with Crippen molar-refractivity contribution in [2.24, 2.45) is 0 Å². The highest BCUT2D eigenvalue weighted by Crippen LogP contribution is 2.18. The Balaban J connectivity index is 2.67. The molecule has 0 aromatic heterocycles. The van der Waals surface area contributed by atoms with Gasteiger partial charge in [0.25, 0.3) is 5.91 Å². The van der Waals surface area contributed by atoms with E-state index in [1.54, 1.807) is 38.1 Å². The van der Waals surface area contributed by atoms with Crippen molar-refractivity contribution in [2.75, 3.05) is 6.61 Å². The minimum absolute atomic E-state index is 0.132. The Morgan fingerprint density at radius 2 is 2.17 bits per heavy atom. The highest BCUT2D eigenvalue weighted by Gasteiger charge is 2.17. The number of carbonyl (C=O) groups is 1. The Labute approximate surface area is 106 Å². The Morgan fingerprint density at radius 3 is 2.78 bits per heavy atom. The summed E-state index contributed by atoms with van der Waals surface area (Å²) in [5.74, 6) is 0.0450. The fraction of sp³-hybridized carbons (Fsp3) is 0.385. The van der Waals surface area contributed by atoms with E-state index in [0.717, 1.165) is 0 Å². The molecule has 0 aliphatic heterocycles. The van der Waals surface area contributed by atoms with Gasteiger partial charge >= 0.3 is 0 Å². The highest BCUT2D eigenvalue weighted by atomic mass is 16.5. The summed E-state index contributed by atoms with van der Waals surface area (Å²) in [4.78, 5) is 11.7. The lowest BCUT2D eigenvalue weighted by molar-refractivity contribution is -0.128. The van der Waals surface area contributed by atoms with Crippen LogP contribution in [-0.4, -0.2) is 29.8 Å². The standard InChI is InChI=1S/C13H16N2O3/c1-9(8-16)15-13(17)10(2)18-12-6-4-3-5-11(12)7-14/h3-6,9-10,16H,8H2,1-2H3,(H,15,17)/t9-,10?/m0/s1. The molecule has 1 unspecified atom stereocenters. The minimum atomic E-state index is -0.728. The number of aliphatic hydroxyl groups is 1. The molecular weight excluding hydrogens is 232 g/mol. The summed E-state index contributed by atoms with van der Waals surface area (Å²) >= 11 is 0. The molecule has 2 atom stereocenters. The fourth-order valence-electron chi connectivity index (χ4n) is 1.31. The minimum Gasteiger partial charge on any atom is -0.480 e. The quantitative estimate of drug-likeness (QED) is 0.808. The van der Waals surface area contributed by atoms with Crippen LogP contribution in [0.5, 0.6) is 5.75 Å². The van der Waals surface area contributed by atoms with Crippen LogP contribution >= 0.6 is 0 Å². The number of nitrogens with one attached hydrogen (secondary N) is 1. The van der Waals surface area contributed by atoms with Crippen LogP contribution in [-0.2, 0) is 4.79 Å². The average molecular weight is 248 g/mol. The second kappa shape index (κ2) is 6.62. The number of ether oxygens (including phenoxy) is 1. The van der Waals surface area contributed by atoms with Crippen molar-refractivity contribution in [1.82, 2.24) is 5.32 Å². The Kier molecular flexibility index (Phi) is 5.15. The van der Waals surface area contributed by atoms with Crippen molar-refractivity contribution < 1.29 is 14.6 Å². The number of rotatable bonds is 5. The van der Waals surface area contributed by atoms with Crippen molar-refractivity contribution in [3.8, 4) is 11.8 Å². The van der Waals surface area contributed by atoms with Gasteiger partial charge in [-0.05, 0) is 26.0 Å². The number of aliphatic hydroxyl groups excluding tert-OH is 1. The third-order valence-corrected chi connectivity index (χ3v) is 2.34. The highest BCUT2D eigenvalue weighted by molar-refractivity contribution is 5.81. The number of nitrogens with zero attached hydrogens (tertiary/aromatic N) is 1. The summed E-state index contributed by atoms with van der Waals surface area (Å²) in [6.45, 7) is 3.15. The summed E-state index contributed by atoms with van der Waals surface area (Å²) in [6, 6.07) is 8.39. The summed E-state index contributed by atoms with van der Waals surface area (Å²) in [7, 11) is 0. The summed E-state index contributed by atoms with van der Waals surface area (Å²) in [6.07, 6.45) is -0.728. The molecule has 0 saturated carbocycles. The smallest absolute Gasteiger partial charge is 0.261 e. The molecule has 1 aromatic rings. The lowest BCUT2D eigenvalue weighted by Crippen LogP contribution is -2.42. The Morgan fingerprint density at radius 1 is 1.50 bits per heavy atom. The zero-order chi connectivity index (χ0) is 13.5. The molecule has 0 spiro atoms. The van der Waals surface area contributed by atoms with Crippen LogP contribution in [0.2, 0.25) is 0 Å². The van der Waals surface area contributed by atoms with Gasteiger partial charge in [0.1, 0.15) is 11.8 Å². The average Bonchev–Trinajstić information content (AvgIpc) is 2.39. The Bertz CT molecular complexity index is 454. The molecular formula is C13H16N2O3. The van der Waals surface area contributed by atoms with Crippen LogP contribution in [0.15, 0.2) is 24.3 Å². The second-order valence-electron chi connectivity index (χ2n) is 3.96. The molecule has 96 valence electrons. The van der Waals surface area contributed by atoms with Gasteiger partial charge < -0.3 is 15.2 Å². The van der Waals surface area contributed by atoms with Crippen LogP contribution in [0.25, 0.3) is 0 Å². The number of nitriles is 1. The maximum atomic E-state index is 11.7. The van der Waals surface area contributed by atoms with Crippen molar-refractivity contribution in [1.29, 1.82) is 5.26 Å². The molecule has 0 saturated heterocycles. The number of benzene rings is 1. The largest absolute Gasteiger partial charge is 0.480 e. The van der Waals surface area contributed by atoms with Gasteiger partial charge in [-0.2, -0.15) is 5.26 Å². The molecule has 1 rings (SSSR count). The maximum Gasteiger partial charge on any atom is 0.261 e. The molecule has 0 heterocycles. The van der Waals surface area contributed by atoms with Crippen LogP contribution < -0.4 is 10.1 Å². The van der Waals surface area contributed by atoms with Crippen LogP contribution in [0.4, 0.5) is 0 Å². The molecule has 5 heteroatoms. The predicted molar refractivity (Wildman–Crippen MR) is 65.9 cm³/mol. The number of amides is 1. The van der Waals surface area contributed by atoms with E-state index >= 15 is 0 Å². The summed E-state index contributed by atoms with van der Waals surface area (Å²) in [5, 5.41) is 20.3. The molecule has 1 amide bonds. The SMILES string of the molecule is CC(Oc1ccccc1C#N)C(=O)N[C@@H](C)CO. The normalized spacial score (nSPS) is 13.2. The van der Waals surface area contributed by atoms with Gasteiger partial charge in [0.2, 0.25) is 0 Å².